The highest BCUT2D eigenvalue weighted by Gasteiger charge is 2.22. The lowest BCUT2D eigenvalue weighted by Gasteiger charge is -2.31. The van der Waals surface area contributed by atoms with E-state index in [1.807, 2.05) is 20.8 Å². The average Bonchev–Trinajstić information content (AvgIpc) is 2.32. The molecule has 5 heteroatoms. The fourth-order valence-electron chi connectivity index (χ4n) is 2.03. The van der Waals surface area contributed by atoms with Crippen molar-refractivity contribution in [1.82, 2.24) is 10.6 Å². The smallest absolute Gasteiger partial charge is 0.220 e. The van der Waals surface area contributed by atoms with Gasteiger partial charge < -0.3 is 15.1 Å². The van der Waals surface area contributed by atoms with Gasteiger partial charge in [0.1, 0.15) is 5.78 Å². The number of likely N-dealkylation sites (N-methyl/N-ethyl adjacent to an activating group) is 1. The van der Waals surface area contributed by atoms with Crippen LogP contribution in [0.3, 0.4) is 0 Å². The highest BCUT2D eigenvalue weighted by atomic mass is 16.2. The number of quaternary nitrogens is 1. The Morgan fingerprint density at radius 3 is 1.87 bits per heavy atom. The first-order valence-electron chi connectivity index (χ1n) is 8.60. The molecular weight excluding hydrogens is 290 g/mol. The maximum atomic E-state index is 11.8. The molecule has 0 aromatic heterocycles. The molecule has 0 fully saturated rings. The van der Waals surface area contributed by atoms with Crippen LogP contribution >= 0.6 is 0 Å². The summed E-state index contributed by atoms with van der Waals surface area (Å²) < 4.78 is 0.851. The third-order valence-electron chi connectivity index (χ3n) is 3.83. The zero-order valence-electron chi connectivity index (χ0n) is 16.5. The number of nitrogens with zero attached hydrogens (tertiary/aromatic N) is 1. The molecule has 5 nitrogen and oxygen atoms in total. The molecule has 0 aliphatic heterocycles. The van der Waals surface area contributed by atoms with Gasteiger partial charge >= 0.3 is 0 Å². The van der Waals surface area contributed by atoms with Crippen LogP contribution in [-0.4, -0.2) is 62.0 Å². The predicted octanol–water partition coefficient (Wildman–Crippen LogP) is 1.96. The number of rotatable bonds is 9. The van der Waals surface area contributed by atoms with Gasteiger partial charge in [0, 0.05) is 30.3 Å². The van der Waals surface area contributed by atoms with E-state index in [1.54, 1.807) is 0 Å². The Labute approximate surface area is 142 Å². The minimum atomic E-state index is -0.362. The molecule has 136 valence electrons. The molecule has 0 aliphatic carbocycles. The molecule has 0 spiro atoms. The first-order chi connectivity index (χ1) is 10.2. The Morgan fingerprint density at radius 2 is 1.39 bits per heavy atom. The van der Waals surface area contributed by atoms with E-state index in [0.29, 0.717) is 13.0 Å². The summed E-state index contributed by atoms with van der Waals surface area (Å²) in [6.07, 6.45) is 0.609. The first kappa shape index (κ1) is 22.1. The van der Waals surface area contributed by atoms with E-state index in [0.717, 1.165) is 24.1 Å². The second-order valence-corrected chi connectivity index (χ2v) is 9.08. The Kier molecular flexibility index (Phi) is 8.43. The van der Waals surface area contributed by atoms with Gasteiger partial charge in [-0.2, -0.15) is 0 Å². The summed E-state index contributed by atoms with van der Waals surface area (Å²) >= 11 is 0. The fraction of sp³-hybridized carbons (Fsp3) is 0.889. The monoisotopic (exact) mass is 328 g/mol. The van der Waals surface area contributed by atoms with Crippen LogP contribution in [0, 0.1) is 5.41 Å². The van der Waals surface area contributed by atoms with Crippen LogP contribution in [0.4, 0.5) is 0 Å². The highest BCUT2D eigenvalue weighted by Crippen LogP contribution is 2.17. The van der Waals surface area contributed by atoms with Gasteiger partial charge in [0.05, 0.1) is 33.7 Å². The molecule has 0 aromatic carbocycles. The second-order valence-electron chi connectivity index (χ2n) is 9.08. The molecule has 1 amide bonds. The number of carbonyl (C=O) groups is 2. The number of Topliss-reactive ketones (excluding diaryl/α,β-unsaturated/α-hetero) is 1. The van der Waals surface area contributed by atoms with Gasteiger partial charge in [-0.05, 0) is 20.8 Å². The van der Waals surface area contributed by atoms with Gasteiger partial charge in [0.2, 0.25) is 5.91 Å². The molecule has 0 rings (SSSR count). The van der Waals surface area contributed by atoms with Gasteiger partial charge in [-0.3, -0.25) is 9.59 Å². The summed E-state index contributed by atoms with van der Waals surface area (Å²) in [5.41, 5.74) is -0.229. The molecule has 0 saturated carbocycles. The number of ketones is 1. The van der Waals surface area contributed by atoms with E-state index in [4.69, 9.17) is 0 Å². The van der Waals surface area contributed by atoms with E-state index < -0.39 is 0 Å². The number of hydrogen-bond acceptors (Lipinski definition) is 3. The summed E-state index contributed by atoms with van der Waals surface area (Å²) in [6, 6.07) is 0. The molecule has 0 radical (unpaired) electrons. The summed E-state index contributed by atoms with van der Waals surface area (Å²) in [4.78, 5) is 23.6. The quantitative estimate of drug-likeness (QED) is 0.636. The van der Waals surface area contributed by atoms with Crippen LogP contribution in [0.5, 0.6) is 0 Å². The number of hydrogen-bond donors (Lipinski definition) is 2. The lowest BCUT2D eigenvalue weighted by molar-refractivity contribution is -0.887. The zero-order valence-corrected chi connectivity index (χ0v) is 16.5. The topological polar surface area (TPSA) is 58.2 Å². The standard InChI is InChI=1S/C18H37N3O2/c1-17(2,3)15(22)9-10-16(23)19-11-13-21(7,8)14-12-20-18(4,5)6/h20H,9-14H2,1-8H3/p+1. The van der Waals surface area contributed by atoms with Crippen molar-refractivity contribution < 1.29 is 14.1 Å². The third kappa shape index (κ3) is 12.2. The van der Waals surface area contributed by atoms with Crippen molar-refractivity contribution in [2.24, 2.45) is 5.41 Å². The lowest BCUT2D eigenvalue weighted by Crippen LogP contribution is -2.50. The van der Waals surface area contributed by atoms with Gasteiger partial charge in [-0.15, -0.1) is 0 Å². The van der Waals surface area contributed by atoms with E-state index in [-0.39, 0.29) is 29.1 Å². The largest absolute Gasteiger partial charge is 0.350 e. The van der Waals surface area contributed by atoms with Crippen LogP contribution in [-0.2, 0) is 9.59 Å². The van der Waals surface area contributed by atoms with E-state index >= 15 is 0 Å². The highest BCUT2D eigenvalue weighted by molar-refractivity contribution is 5.88. The van der Waals surface area contributed by atoms with E-state index in [9.17, 15) is 9.59 Å². The maximum Gasteiger partial charge on any atom is 0.220 e. The van der Waals surface area contributed by atoms with Crippen molar-refractivity contribution in [3.63, 3.8) is 0 Å². The Bertz CT molecular complexity index is 390. The van der Waals surface area contributed by atoms with E-state index in [2.05, 4.69) is 45.5 Å². The van der Waals surface area contributed by atoms with Crippen molar-refractivity contribution in [3.05, 3.63) is 0 Å². The van der Waals surface area contributed by atoms with E-state index in [1.165, 1.54) is 0 Å². The zero-order chi connectivity index (χ0) is 18.3. The van der Waals surface area contributed by atoms with Gasteiger partial charge in [-0.25, -0.2) is 0 Å². The molecule has 23 heavy (non-hydrogen) atoms. The normalized spacial score (nSPS) is 13.0. The summed E-state index contributed by atoms with van der Waals surface area (Å²) in [5.74, 6) is 0.104. The maximum absolute atomic E-state index is 11.8. The second kappa shape index (κ2) is 8.78. The summed E-state index contributed by atoms with van der Waals surface area (Å²) in [5, 5.41) is 6.41. The van der Waals surface area contributed by atoms with Crippen LogP contribution in [0.1, 0.15) is 54.4 Å². The number of nitrogens with one attached hydrogen (secondary N) is 2. The first-order valence-corrected chi connectivity index (χ1v) is 8.60. The van der Waals surface area contributed by atoms with Gasteiger partial charge in [-0.1, -0.05) is 20.8 Å². The Morgan fingerprint density at radius 1 is 0.870 bits per heavy atom. The van der Waals surface area contributed by atoms with Crippen LogP contribution in [0.15, 0.2) is 0 Å². The molecule has 0 aromatic rings. The van der Waals surface area contributed by atoms with Crippen molar-refractivity contribution in [2.75, 3.05) is 40.3 Å². The predicted molar refractivity (Wildman–Crippen MR) is 96.3 cm³/mol. The Balaban J connectivity index is 3.95. The minimum Gasteiger partial charge on any atom is -0.350 e. The van der Waals surface area contributed by atoms with Gasteiger partial charge in [0.15, 0.2) is 0 Å². The molecular formula is C18H38N3O2+. The Hall–Kier alpha value is -0.940. The van der Waals surface area contributed by atoms with Crippen molar-refractivity contribution >= 4 is 11.7 Å². The summed E-state index contributed by atoms with van der Waals surface area (Å²) in [6.45, 7) is 15.6. The minimum absolute atomic E-state index is 0.0320. The van der Waals surface area contributed by atoms with Crippen molar-refractivity contribution in [1.29, 1.82) is 0 Å². The average molecular weight is 329 g/mol. The summed E-state index contributed by atoms with van der Waals surface area (Å²) in [7, 11) is 4.33. The van der Waals surface area contributed by atoms with Crippen LogP contribution in [0.25, 0.3) is 0 Å². The number of amides is 1. The molecule has 0 saturated heterocycles. The van der Waals surface area contributed by atoms with Crippen molar-refractivity contribution in [3.8, 4) is 0 Å². The molecule has 0 aliphatic rings. The van der Waals surface area contributed by atoms with Crippen LogP contribution in [0.2, 0.25) is 0 Å². The number of carbonyl (C=O) groups excluding carboxylic acids is 2. The SMILES string of the molecule is CC(C)(C)NCC[N+](C)(C)CCNC(=O)CCC(=O)C(C)(C)C. The fourth-order valence-corrected chi connectivity index (χ4v) is 2.03. The molecule has 0 bridgehead atoms. The van der Waals surface area contributed by atoms with Gasteiger partial charge in [0.25, 0.3) is 0 Å². The van der Waals surface area contributed by atoms with Crippen LogP contribution < -0.4 is 10.6 Å². The molecule has 2 N–H and O–H groups in total. The molecule has 0 heterocycles. The molecule has 0 atom stereocenters. The molecule has 0 unspecified atom stereocenters. The lowest BCUT2D eigenvalue weighted by atomic mass is 9.88. The van der Waals surface area contributed by atoms with Crippen molar-refractivity contribution in [2.45, 2.75) is 59.9 Å². The third-order valence-corrected chi connectivity index (χ3v) is 3.83.